The van der Waals surface area contributed by atoms with E-state index < -0.39 is 28.4 Å². The number of nitrogen functional groups attached to an aromatic ring is 1. The minimum atomic E-state index is -3.93. The molecule has 19 heavy (non-hydrogen) atoms. The van der Waals surface area contributed by atoms with E-state index >= 15 is 0 Å². The van der Waals surface area contributed by atoms with Crippen LogP contribution in [0.5, 0.6) is 0 Å². The molecule has 0 aliphatic carbocycles. The molecule has 1 rings (SSSR count). The molecule has 0 saturated carbocycles. The molecule has 0 aliphatic heterocycles. The highest BCUT2D eigenvalue weighted by molar-refractivity contribution is 7.89. The number of carbonyl (C=O) groups is 1. The van der Waals surface area contributed by atoms with Gasteiger partial charge in [0.05, 0.1) is 17.7 Å². The van der Waals surface area contributed by atoms with Crippen LogP contribution in [-0.2, 0) is 19.6 Å². The Morgan fingerprint density at radius 2 is 2.05 bits per heavy atom. The molecule has 0 saturated heterocycles. The van der Waals surface area contributed by atoms with E-state index in [-0.39, 0.29) is 16.1 Å². The second kappa shape index (κ2) is 5.54. The molecule has 0 atom stereocenters. The van der Waals surface area contributed by atoms with Crippen LogP contribution in [0.25, 0.3) is 0 Å². The Kier molecular flexibility index (Phi) is 4.48. The smallest absolute Gasteiger partial charge is 0.321 e. The van der Waals surface area contributed by atoms with Crippen LogP contribution in [0.15, 0.2) is 17.0 Å². The van der Waals surface area contributed by atoms with Crippen LogP contribution in [-0.4, -0.2) is 39.4 Å². The van der Waals surface area contributed by atoms with Gasteiger partial charge in [0.15, 0.2) is 0 Å². The van der Waals surface area contributed by atoms with Crippen molar-refractivity contribution >= 4 is 21.7 Å². The summed E-state index contributed by atoms with van der Waals surface area (Å²) in [5.74, 6) is -1.38. The lowest BCUT2D eigenvalue weighted by Gasteiger charge is -2.17. The highest BCUT2D eigenvalue weighted by atomic mass is 32.2. The molecule has 0 radical (unpaired) electrons. The largest absolute Gasteiger partial charge is 0.468 e. The molecule has 2 N–H and O–H groups in total. The summed E-state index contributed by atoms with van der Waals surface area (Å²) >= 11 is 0. The topological polar surface area (TPSA) is 89.7 Å². The summed E-state index contributed by atoms with van der Waals surface area (Å²) < 4.78 is 42.8. The van der Waals surface area contributed by atoms with Gasteiger partial charge in [0.1, 0.15) is 12.4 Å². The molecular weight excluding hydrogens is 275 g/mol. The van der Waals surface area contributed by atoms with Gasteiger partial charge in [-0.05, 0) is 24.6 Å². The predicted molar refractivity (Wildman–Crippen MR) is 67.4 cm³/mol. The fraction of sp³-hybridized carbons (Fsp3) is 0.364. The van der Waals surface area contributed by atoms with E-state index in [1.165, 1.54) is 14.0 Å². The Labute approximate surface area is 111 Å². The summed E-state index contributed by atoms with van der Waals surface area (Å²) in [6.45, 7) is 1.01. The van der Waals surface area contributed by atoms with E-state index in [0.717, 1.165) is 23.5 Å². The number of hydrogen-bond acceptors (Lipinski definition) is 5. The zero-order chi connectivity index (χ0) is 14.8. The summed E-state index contributed by atoms with van der Waals surface area (Å²) in [5, 5.41) is 0. The molecule has 1 aromatic carbocycles. The number of halogens is 1. The van der Waals surface area contributed by atoms with Crippen molar-refractivity contribution in [3.05, 3.63) is 23.5 Å². The molecule has 0 aliphatic rings. The van der Waals surface area contributed by atoms with Crippen LogP contribution in [0.2, 0.25) is 0 Å². The molecule has 0 aromatic heterocycles. The summed E-state index contributed by atoms with van der Waals surface area (Å²) in [7, 11) is -1.54. The molecule has 0 heterocycles. The van der Waals surface area contributed by atoms with Crippen molar-refractivity contribution in [2.75, 3.05) is 26.4 Å². The van der Waals surface area contributed by atoms with Crippen molar-refractivity contribution in [2.24, 2.45) is 0 Å². The quantitative estimate of drug-likeness (QED) is 0.644. The predicted octanol–water partition coefficient (Wildman–Crippen LogP) is 0.510. The Morgan fingerprint density at radius 3 is 2.58 bits per heavy atom. The number of benzene rings is 1. The number of rotatable bonds is 4. The van der Waals surface area contributed by atoms with Gasteiger partial charge in [-0.15, -0.1) is 0 Å². The number of esters is 1. The van der Waals surface area contributed by atoms with E-state index in [1.807, 2.05) is 0 Å². The van der Waals surface area contributed by atoms with Crippen molar-refractivity contribution in [3.8, 4) is 0 Å². The molecule has 1 aromatic rings. The fourth-order valence-electron chi connectivity index (χ4n) is 1.45. The zero-order valence-corrected chi connectivity index (χ0v) is 11.6. The van der Waals surface area contributed by atoms with Gasteiger partial charge in [0.2, 0.25) is 10.0 Å². The molecular formula is C11H15FN2O4S. The van der Waals surface area contributed by atoms with Crippen LogP contribution in [0, 0.1) is 12.7 Å². The van der Waals surface area contributed by atoms with Crippen molar-refractivity contribution in [2.45, 2.75) is 11.8 Å². The third-order valence-electron chi connectivity index (χ3n) is 2.56. The van der Waals surface area contributed by atoms with Crippen molar-refractivity contribution < 1.29 is 22.3 Å². The first-order valence-electron chi connectivity index (χ1n) is 5.29. The lowest BCUT2D eigenvalue weighted by atomic mass is 10.2. The fourth-order valence-corrected chi connectivity index (χ4v) is 2.80. The lowest BCUT2D eigenvalue weighted by molar-refractivity contribution is -0.140. The monoisotopic (exact) mass is 290 g/mol. The maximum absolute atomic E-state index is 13.2. The summed E-state index contributed by atoms with van der Waals surface area (Å²) in [6.07, 6.45) is 0. The van der Waals surface area contributed by atoms with Crippen molar-refractivity contribution in [3.63, 3.8) is 0 Å². The van der Waals surface area contributed by atoms with Gasteiger partial charge in [-0.3, -0.25) is 4.79 Å². The molecule has 0 spiro atoms. The van der Waals surface area contributed by atoms with Gasteiger partial charge >= 0.3 is 5.97 Å². The number of sulfonamides is 1. The Morgan fingerprint density at radius 1 is 1.47 bits per heavy atom. The first-order valence-corrected chi connectivity index (χ1v) is 6.73. The Hall–Kier alpha value is -1.67. The zero-order valence-electron chi connectivity index (χ0n) is 10.8. The van der Waals surface area contributed by atoms with Crippen LogP contribution in [0.1, 0.15) is 5.56 Å². The summed E-state index contributed by atoms with van der Waals surface area (Å²) in [5.41, 5.74) is 5.31. The Balaban J connectivity index is 3.20. The highest BCUT2D eigenvalue weighted by Crippen LogP contribution is 2.23. The van der Waals surface area contributed by atoms with Crippen molar-refractivity contribution in [1.29, 1.82) is 0 Å². The molecule has 0 unspecified atom stereocenters. The van der Waals surface area contributed by atoms with Gasteiger partial charge < -0.3 is 10.5 Å². The van der Waals surface area contributed by atoms with E-state index in [1.54, 1.807) is 0 Å². The van der Waals surface area contributed by atoms with Gasteiger partial charge in [0, 0.05) is 7.05 Å². The maximum Gasteiger partial charge on any atom is 0.321 e. The third kappa shape index (κ3) is 3.21. The molecule has 0 bridgehead atoms. The second-order valence-corrected chi connectivity index (χ2v) is 5.99. The SMILES string of the molecule is COC(=O)CN(C)S(=O)(=O)c1cc(N)c(F)cc1C. The normalized spacial score (nSPS) is 11.6. The van der Waals surface area contributed by atoms with Gasteiger partial charge in [0.25, 0.3) is 0 Å². The van der Waals surface area contributed by atoms with Crippen LogP contribution >= 0.6 is 0 Å². The van der Waals surface area contributed by atoms with Crippen molar-refractivity contribution in [1.82, 2.24) is 4.31 Å². The number of aryl methyl sites for hydroxylation is 1. The molecule has 6 nitrogen and oxygen atoms in total. The molecule has 0 fully saturated rings. The molecule has 106 valence electrons. The summed E-state index contributed by atoms with van der Waals surface area (Å²) in [6, 6.07) is 2.07. The average molecular weight is 290 g/mol. The van der Waals surface area contributed by atoms with E-state index in [9.17, 15) is 17.6 Å². The number of nitrogens with two attached hydrogens (primary N) is 1. The standard InChI is InChI=1S/C11H15FN2O4S/c1-7-4-8(12)9(13)5-10(7)19(16,17)14(2)6-11(15)18-3/h4-5H,6,13H2,1-3H3. The number of likely N-dealkylation sites (N-methyl/N-ethyl adjacent to an activating group) is 1. The maximum atomic E-state index is 13.2. The first-order chi connectivity index (χ1) is 8.70. The number of anilines is 1. The lowest BCUT2D eigenvalue weighted by Crippen LogP contribution is -2.33. The van der Waals surface area contributed by atoms with Gasteiger partial charge in [-0.1, -0.05) is 0 Å². The average Bonchev–Trinajstić information content (AvgIpc) is 2.33. The van der Waals surface area contributed by atoms with Gasteiger partial charge in [-0.2, -0.15) is 4.31 Å². The summed E-state index contributed by atoms with van der Waals surface area (Å²) in [4.78, 5) is 11.0. The Bertz CT molecular complexity index is 601. The van der Waals surface area contributed by atoms with E-state index in [4.69, 9.17) is 5.73 Å². The van der Waals surface area contributed by atoms with Crippen LogP contribution in [0.4, 0.5) is 10.1 Å². The highest BCUT2D eigenvalue weighted by Gasteiger charge is 2.25. The number of nitrogens with zero attached hydrogens (tertiary/aromatic N) is 1. The van der Waals surface area contributed by atoms with Gasteiger partial charge in [-0.25, -0.2) is 12.8 Å². The number of methoxy groups -OCH3 is 1. The number of ether oxygens (including phenoxy) is 1. The first kappa shape index (κ1) is 15.4. The molecule has 8 heteroatoms. The number of carbonyl (C=O) groups excluding carboxylic acids is 1. The van der Waals surface area contributed by atoms with Crippen LogP contribution in [0.3, 0.4) is 0 Å². The third-order valence-corrected chi connectivity index (χ3v) is 4.51. The minimum absolute atomic E-state index is 0.141. The minimum Gasteiger partial charge on any atom is -0.468 e. The second-order valence-electron chi connectivity index (χ2n) is 3.98. The van der Waals surface area contributed by atoms with E-state index in [0.29, 0.717) is 0 Å². The number of hydrogen-bond donors (Lipinski definition) is 1. The van der Waals surface area contributed by atoms with Crippen LogP contribution < -0.4 is 5.73 Å². The van der Waals surface area contributed by atoms with E-state index in [2.05, 4.69) is 4.74 Å². The molecule has 0 amide bonds.